The highest BCUT2D eigenvalue weighted by atomic mass is 19.1. The Kier molecular flexibility index (Phi) is 10.3. The van der Waals surface area contributed by atoms with Crippen molar-refractivity contribution in [3.63, 3.8) is 0 Å². The van der Waals surface area contributed by atoms with Gasteiger partial charge in [-0.3, -0.25) is 14.5 Å². The molecule has 1 aliphatic carbocycles. The predicted octanol–water partition coefficient (Wildman–Crippen LogP) is 7.10. The number of hydrogen-bond acceptors (Lipinski definition) is 10. The predicted molar refractivity (Wildman–Crippen MR) is 197 cm³/mol. The van der Waals surface area contributed by atoms with E-state index >= 15 is 0 Å². The van der Waals surface area contributed by atoms with Gasteiger partial charge >= 0.3 is 0 Å². The molecule has 0 unspecified atom stereocenters. The highest BCUT2D eigenvalue weighted by Gasteiger charge is 2.37. The van der Waals surface area contributed by atoms with Crippen LogP contribution in [-0.2, 0) is 16.1 Å². The number of methoxy groups -OCH3 is 1. The van der Waals surface area contributed by atoms with Gasteiger partial charge in [-0.15, -0.1) is 0 Å². The van der Waals surface area contributed by atoms with Crippen LogP contribution in [0.4, 0.5) is 33.1 Å². The molecule has 2 aliphatic heterocycles. The van der Waals surface area contributed by atoms with Gasteiger partial charge in [0.2, 0.25) is 5.91 Å². The van der Waals surface area contributed by atoms with Gasteiger partial charge < -0.3 is 25.0 Å². The Morgan fingerprint density at radius 3 is 2.61 bits per heavy atom. The summed E-state index contributed by atoms with van der Waals surface area (Å²) in [5.41, 5.74) is 3.26. The Balaban J connectivity index is 1.09. The molecule has 1 aromatic heterocycles. The van der Waals surface area contributed by atoms with Crippen LogP contribution < -0.4 is 30.1 Å². The van der Waals surface area contributed by atoms with Gasteiger partial charge in [-0.2, -0.15) is 0 Å². The van der Waals surface area contributed by atoms with Gasteiger partial charge in [-0.05, 0) is 74.1 Å². The van der Waals surface area contributed by atoms with E-state index in [0.29, 0.717) is 65.4 Å². The summed E-state index contributed by atoms with van der Waals surface area (Å²) in [6.07, 6.45) is 7.88. The number of carbonyl (C=O) groups excluding carboxylic acids is 1. The average Bonchev–Trinajstić information content (AvgIpc) is 3.89. The van der Waals surface area contributed by atoms with Crippen LogP contribution in [0.5, 0.6) is 17.2 Å². The van der Waals surface area contributed by atoms with Crippen LogP contribution in [0.1, 0.15) is 38.2 Å². The highest BCUT2D eigenvalue weighted by Crippen LogP contribution is 2.41. The Morgan fingerprint density at radius 2 is 1.84 bits per heavy atom. The van der Waals surface area contributed by atoms with E-state index in [2.05, 4.69) is 43.9 Å². The minimum atomic E-state index is -0.348. The van der Waals surface area contributed by atoms with E-state index in [1.54, 1.807) is 19.2 Å². The summed E-state index contributed by atoms with van der Waals surface area (Å²) in [4.78, 5) is 32.7. The van der Waals surface area contributed by atoms with Crippen molar-refractivity contribution in [2.24, 2.45) is 0 Å². The van der Waals surface area contributed by atoms with Crippen LogP contribution in [0.15, 0.2) is 85.7 Å². The summed E-state index contributed by atoms with van der Waals surface area (Å²) in [7, 11) is 1.64. The van der Waals surface area contributed by atoms with Gasteiger partial charge in [0.15, 0.2) is 5.82 Å². The van der Waals surface area contributed by atoms with Crippen molar-refractivity contribution in [1.29, 1.82) is 0 Å². The molecule has 51 heavy (non-hydrogen) atoms. The second-order valence-corrected chi connectivity index (χ2v) is 13.1. The average molecular weight is 694 g/mol. The third-order valence-corrected chi connectivity index (χ3v) is 9.67. The van der Waals surface area contributed by atoms with Crippen LogP contribution in [0.25, 0.3) is 0 Å². The molecule has 3 fully saturated rings. The van der Waals surface area contributed by atoms with E-state index in [9.17, 15) is 9.18 Å². The number of rotatable bonds is 13. The lowest BCUT2D eigenvalue weighted by Gasteiger charge is -2.43. The molecule has 0 spiro atoms. The molecule has 2 saturated heterocycles. The summed E-state index contributed by atoms with van der Waals surface area (Å²) in [6, 6.07) is 20.7. The highest BCUT2D eigenvalue weighted by molar-refractivity contribution is 6.02. The van der Waals surface area contributed by atoms with E-state index in [4.69, 9.17) is 14.3 Å². The third kappa shape index (κ3) is 8.08. The number of anilines is 5. The number of benzene rings is 3. The summed E-state index contributed by atoms with van der Waals surface area (Å²) in [5, 5.41) is 8.25. The number of halogens is 1. The third-order valence-electron chi connectivity index (χ3n) is 9.67. The lowest BCUT2D eigenvalue weighted by atomic mass is 10.0. The molecule has 1 saturated carbocycles. The van der Waals surface area contributed by atoms with Crippen LogP contribution in [0.3, 0.4) is 0 Å². The minimum absolute atomic E-state index is 0.0130. The normalized spacial score (nSPS) is 19.1. The second-order valence-electron chi connectivity index (χ2n) is 13.1. The summed E-state index contributed by atoms with van der Waals surface area (Å²) >= 11 is 0. The fourth-order valence-corrected chi connectivity index (χ4v) is 7.02. The van der Waals surface area contributed by atoms with Crippen LogP contribution in [-0.4, -0.2) is 72.3 Å². The molecule has 0 bridgehead atoms. The Labute approximate surface area is 298 Å². The number of nitrogens with zero attached hydrogens (tertiary/aromatic N) is 5. The Hall–Kier alpha value is -5.20. The largest absolute Gasteiger partial charge is 0.494 e. The maximum atomic E-state index is 13.7. The van der Waals surface area contributed by atoms with Crippen molar-refractivity contribution in [3.05, 3.63) is 97.1 Å². The molecule has 3 heterocycles. The van der Waals surface area contributed by atoms with Crippen LogP contribution in [0.2, 0.25) is 0 Å². The van der Waals surface area contributed by atoms with E-state index in [-0.39, 0.29) is 17.8 Å². The lowest BCUT2D eigenvalue weighted by molar-refractivity contribution is -0.111. The number of nitrogens with one attached hydrogen (secondary N) is 2. The second kappa shape index (κ2) is 15.4. The molecule has 11 nitrogen and oxygen atoms in total. The van der Waals surface area contributed by atoms with Gasteiger partial charge in [-0.1, -0.05) is 31.7 Å². The number of hydrogen-bond donors (Lipinski definition) is 2. The van der Waals surface area contributed by atoms with Crippen molar-refractivity contribution < 1.29 is 23.5 Å². The summed E-state index contributed by atoms with van der Waals surface area (Å²) < 4.78 is 25.5. The first-order valence-corrected chi connectivity index (χ1v) is 17.6. The van der Waals surface area contributed by atoms with Crippen molar-refractivity contribution in [3.8, 4) is 17.2 Å². The molecule has 0 radical (unpaired) electrons. The standard InChI is InChI=1S/C39H44FN7O4/c1-4-28-24-45(15-16-46(28)29-12-13-29)35-22-36(49-3)34(21-33(35)44-39(48)5-2)43-37-23-38(42-25-41-37)47-30(14-17-50-47)18-26-8-6-10-31(19-26)51-32-11-7-9-27(40)20-32/h5-11,19-23,25,28-30H,2,4,12-18,24H2,1,3H3,(H,44,48)(H,41,42,43)/t28-,30+/m0/s1. The zero-order valence-electron chi connectivity index (χ0n) is 29.1. The maximum absolute atomic E-state index is 13.7. The number of ether oxygens (including phenoxy) is 2. The number of hydroxylamine groups is 1. The first kappa shape index (κ1) is 34.3. The molecular formula is C39H44FN7O4. The van der Waals surface area contributed by atoms with Crippen LogP contribution >= 0.6 is 0 Å². The molecule has 266 valence electrons. The maximum Gasteiger partial charge on any atom is 0.247 e. The first-order valence-electron chi connectivity index (χ1n) is 17.6. The molecule has 3 aliphatic rings. The van der Waals surface area contributed by atoms with Gasteiger partial charge in [0.05, 0.1) is 36.8 Å². The quantitative estimate of drug-likeness (QED) is 0.141. The summed E-state index contributed by atoms with van der Waals surface area (Å²) in [5.74, 6) is 2.20. The molecule has 2 atom stereocenters. The molecule has 4 aromatic rings. The fourth-order valence-electron chi connectivity index (χ4n) is 7.02. The first-order chi connectivity index (χ1) is 24.9. The van der Waals surface area contributed by atoms with Crippen LogP contribution in [0, 0.1) is 5.82 Å². The zero-order valence-corrected chi connectivity index (χ0v) is 29.1. The van der Waals surface area contributed by atoms with Crippen molar-refractivity contribution in [1.82, 2.24) is 14.9 Å². The number of carbonyl (C=O) groups is 1. The van der Waals surface area contributed by atoms with E-state index < -0.39 is 0 Å². The summed E-state index contributed by atoms with van der Waals surface area (Å²) in [6.45, 7) is 9.17. The number of aromatic nitrogens is 2. The molecule has 12 heteroatoms. The molecule has 3 aromatic carbocycles. The van der Waals surface area contributed by atoms with Gasteiger partial charge in [0, 0.05) is 49.9 Å². The van der Waals surface area contributed by atoms with Gasteiger partial charge in [0.25, 0.3) is 0 Å². The lowest BCUT2D eigenvalue weighted by Crippen LogP contribution is -2.53. The molecule has 7 rings (SSSR count). The topological polar surface area (TPSA) is 104 Å². The van der Waals surface area contributed by atoms with Crippen molar-refractivity contribution in [2.45, 2.75) is 57.2 Å². The zero-order chi connectivity index (χ0) is 35.3. The van der Waals surface area contributed by atoms with E-state index in [1.807, 2.05) is 47.5 Å². The van der Waals surface area contributed by atoms with E-state index in [1.165, 1.54) is 37.4 Å². The minimum Gasteiger partial charge on any atom is -0.494 e. The number of piperazine rings is 1. The van der Waals surface area contributed by atoms with E-state index in [0.717, 1.165) is 43.7 Å². The Bertz CT molecular complexity index is 1870. The van der Waals surface area contributed by atoms with Gasteiger partial charge in [0.1, 0.15) is 35.2 Å². The van der Waals surface area contributed by atoms with Crippen molar-refractivity contribution >= 4 is 34.6 Å². The molecule has 2 N–H and O–H groups in total. The molecular weight excluding hydrogens is 649 g/mol. The number of amides is 1. The smallest absolute Gasteiger partial charge is 0.247 e. The fraction of sp³-hybridized carbons (Fsp3) is 0.359. The Morgan fingerprint density at radius 1 is 1.02 bits per heavy atom. The van der Waals surface area contributed by atoms with Gasteiger partial charge in [-0.25, -0.2) is 19.4 Å². The van der Waals surface area contributed by atoms with Crippen molar-refractivity contribution in [2.75, 3.05) is 53.9 Å². The SMILES string of the molecule is C=CC(=O)Nc1cc(Nc2cc(N3OCC[C@@H]3Cc3cccc(Oc4cccc(F)c4)c3)ncn2)c(OC)cc1N1CCN(C2CC2)[C@@H](CC)C1. The molecule has 1 amide bonds. The monoisotopic (exact) mass is 693 g/mol.